The third-order valence-electron chi connectivity index (χ3n) is 4.43. The Morgan fingerprint density at radius 2 is 2.10 bits per heavy atom. The Bertz CT molecular complexity index is 688. The molecule has 0 aliphatic carbocycles. The number of rotatable bonds is 1. The average Bonchev–Trinajstić information content (AvgIpc) is 2.96. The van der Waals surface area contributed by atoms with E-state index in [9.17, 15) is 5.11 Å². The summed E-state index contributed by atoms with van der Waals surface area (Å²) in [6, 6.07) is 13.5. The second-order valence-corrected chi connectivity index (χ2v) is 6.13. The molecule has 0 amide bonds. The summed E-state index contributed by atoms with van der Waals surface area (Å²) in [6.07, 6.45) is 1.08. The lowest BCUT2D eigenvalue weighted by Gasteiger charge is -2.36. The van der Waals surface area contributed by atoms with Crippen molar-refractivity contribution < 1.29 is 9.84 Å². The monoisotopic (exact) mass is 301 g/mol. The molecule has 21 heavy (non-hydrogen) atoms. The Kier molecular flexibility index (Phi) is 3.05. The zero-order chi connectivity index (χ0) is 14.4. The molecule has 2 aliphatic heterocycles. The maximum atomic E-state index is 9.74. The van der Waals surface area contributed by atoms with Crippen LogP contribution in [0, 0.1) is 5.92 Å². The lowest BCUT2D eigenvalue weighted by molar-refractivity contribution is 0.0829. The van der Waals surface area contributed by atoms with Crippen LogP contribution in [0.5, 0.6) is 5.75 Å². The number of ether oxygens (including phenoxy) is 1. The minimum absolute atomic E-state index is 0.0762. The molecule has 0 unspecified atom stereocenters. The number of nitrogens with one attached hydrogen (secondary N) is 1. The highest BCUT2D eigenvalue weighted by atomic mass is 35.5. The van der Waals surface area contributed by atoms with Gasteiger partial charge in [-0.15, -0.1) is 0 Å². The summed E-state index contributed by atoms with van der Waals surface area (Å²) in [6.45, 7) is 0.762. The molecule has 0 radical (unpaired) electrons. The largest absolute Gasteiger partial charge is 0.508 e. The number of anilines is 1. The van der Waals surface area contributed by atoms with Crippen LogP contribution >= 0.6 is 11.6 Å². The van der Waals surface area contributed by atoms with Crippen LogP contribution in [-0.2, 0) is 4.74 Å². The molecule has 108 valence electrons. The molecular formula is C17H16ClNO2. The van der Waals surface area contributed by atoms with Crippen molar-refractivity contribution in [1.29, 1.82) is 0 Å². The molecule has 4 rings (SSSR count). The minimum Gasteiger partial charge on any atom is -0.508 e. The number of halogens is 1. The number of aromatic hydroxyl groups is 1. The smallest absolute Gasteiger partial charge is 0.115 e. The Morgan fingerprint density at radius 3 is 2.95 bits per heavy atom. The van der Waals surface area contributed by atoms with Gasteiger partial charge >= 0.3 is 0 Å². The van der Waals surface area contributed by atoms with Crippen molar-refractivity contribution in [2.24, 2.45) is 5.92 Å². The molecule has 2 aromatic carbocycles. The second kappa shape index (κ2) is 4.93. The summed E-state index contributed by atoms with van der Waals surface area (Å²) in [7, 11) is 0. The topological polar surface area (TPSA) is 41.5 Å². The van der Waals surface area contributed by atoms with Crippen molar-refractivity contribution in [3.63, 3.8) is 0 Å². The molecule has 2 N–H and O–H groups in total. The number of phenols is 1. The minimum atomic E-state index is 0.0762. The third-order valence-corrected chi connectivity index (χ3v) is 4.66. The van der Waals surface area contributed by atoms with Crippen LogP contribution in [0.2, 0.25) is 5.02 Å². The van der Waals surface area contributed by atoms with Gasteiger partial charge in [-0.3, -0.25) is 0 Å². The molecule has 0 bridgehead atoms. The van der Waals surface area contributed by atoms with E-state index >= 15 is 0 Å². The molecule has 0 spiro atoms. The fourth-order valence-electron chi connectivity index (χ4n) is 3.49. The van der Waals surface area contributed by atoms with E-state index in [1.165, 1.54) is 0 Å². The molecule has 2 aliphatic rings. The summed E-state index contributed by atoms with van der Waals surface area (Å²) < 4.78 is 5.96. The first-order valence-corrected chi connectivity index (χ1v) is 7.57. The Hall–Kier alpha value is -1.71. The van der Waals surface area contributed by atoms with Gasteiger partial charge < -0.3 is 15.2 Å². The van der Waals surface area contributed by atoms with Gasteiger partial charge in [-0.25, -0.2) is 0 Å². The summed E-state index contributed by atoms with van der Waals surface area (Å²) in [4.78, 5) is 0. The van der Waals surface area contributed by atoms with Gasteiger partial charge in [-0.05, 0) is 42.3 Å². The van der Waals surface area contributed by atoms with Gasteiger partial charge in [-0.1, -0.05) is 23.7 Å². The zero-order valence-electron chi connectivity index (χ0n) is 11.4. The molecule has 1 saturated heterocycles. The first kappa shape index (κ1) is 13.0. The fraction of sp³-hybridized carbons (Fsp3) is 0.294. The average molecular weight is 302 g/mol. The second-order valence-electron chi connectivity index (χ2n) is 5.69. The van der Waals surface area contributed by atoms with Crippen molar-refractivity contribution in [3.8, 4) is 5.75 Å². The van der Waals surface area contributed by atoms with Crippen LogP contribution in [0.25, 0.3) is 0 Å². The van der Waals surface area contributed by atoms with Gasteiger partial charge in [0.05, 0.1) is 12.1 Å². The first-order valence-electron chi connectivity index (χ1n) is 7.19. The maximum Gasteiger partial charge on any atom is 0.115 e. The van der Waals surface area contributed by atoms with Gasteiger partial charge in [0.25, 0.3) is 0 Å². The number of benzene rings is 2. The van der Waals surface area contributed by atoms with Gasteiger partial charge in [0.1, 0.15) is 5.75 Å². The Labute approximate surface area is 128 Å². The molecule has 4 heteroatoms. The SMILES string of the molecule is Oc1cccc([C@@H]2Nc3ccc(Cl)cc3[C@H]3OCC[C@@H]32)c1. The standard InChI is InChI=1S/C17H16ClNO2/c18-11-4-5-15-14(9-11)17-13(6-7-21-17)16(19-15)10-2-1-3-12(20)8-10/h1-5,8-9,13,16-17,19-20H,6-7H2/t13-,16+,17+/m1/s1. The lowest BCUT2D eigenvalue weighted by atomic mass is 9.81. The van der Waals surface area contributed by atoms with E-state index in [4.69, 9.17) is 16.3 Å². The third kappa shape index (κ3) is 2.17. The van der Waals surface area contributed by atoms with Crippen LogP contribution in [0.1, 0.15) is 29.7 Å². The number of hydrogen-bond acceptors (Lipinski definition) is 3. The van der Waals surface area contributed by atoms with Crippen molar-refractivity contribution in [1.82, 2.24) is 0 Å². The van der Waals surface area contributed by atoms with E-state index in [0.29, 0.717) is 11.7 Å². The molecule has 2 heterocycles. The van der Waals surface area contributed by atoms with Crippen molar-refractivity contribution in [2.45, 2.75) is 18.6 Å². The lowest BCUT2D eigenvalue weighted by Crippen LogP contribution is -2.29. The van der Waals surface area contributed by atoms with Crippen LogP contribution in [0.15, 0.2) is 42.5 Å². The highest BCUT2D eigenvalue weighted by Crippen LogP contribution is 2.50. The highest BCUT2D eigenvalue weighted by molar-refractivity contribution is 6.30. The van der Waals surface area contributed by atoms with E-state index in [1.54, 1.807) is 6.07 Å². The molecule has 1 fully saturated rings. The summed E-state index contributed by atoms with van der Waals surface area (Å²) >= 11 is 6.12. The van der Waals surface area contributed by atoms with E-state index < -0.39 is 0 Å². The number of fused-ring (bicyclic) bond motifs is 3. The Morgan fingerprint density at radius 1 is 1.19 bits per heavy atom. The van der Waals surface area contributed by atoms with Crippen LogP contribution in [0.3, 0.4) is 0 Å². The number of phenolic OH excluding ortho intramolecular Hbond substituents is 1. The van der Waals surface area contributed by atoms with Gasteiger partial charge in [0.15, 0.2) is 0 Å². The molecule has 2 aromatic rings. The van der Waals surface area contributed by atoms with Gasteiger partial charge in [0.2, 0.25) is 0 Å². The fourth-order valence-corrected chi connectivity index (χ4v) is 3.67. The summed E-state index contributed by atoms with van der Waals surface area (Å²) in [5.74, 6) is 0.657. The Balaban J connectivity index is 1.79. The van der Waals surface area contributed by atoms with E-state index in [2.05, 4.69) is 5.32 Å². The highest BCUT2D eigenvalue weighted by Gasteiger charge is 2.41. The predicted molar refractivity (Wildman–Crippen MR) is 82.7 cm³/mol. The zero-order valence-corrected chi connectivity index (χ0v) is 12.2. The number of hydrogen-bond donors (Lipinski definition) is 2. The molecule has 3 nitrogen and oxygen atoms in total. The van der Waals surface area contributed by atoms with Crippen molar-refractivity contribution >= 4 is 17.3 Å². The summed E-state index contributed by atoms with van der Waals surface area (Å²) in [5.41, 5.74) is 3.30. The maximum absolute atomic E-state index is 9.74. The predicted octanol–water partition coefficient (Wildman–Crippen LogP) is 4.29. The molecular weight excluding hydrogens is 286 g/mol. The normalized spacial score (nSPS) is 26.8. The van der Waals surface area contributed by atoms with Crippen molar-refractivity contribution in [2.75, 3.05) is 11.9 Å². The van der Waals surface area contributed by atoms with Gasteiger partial charge in [-0.2, -0.15) is 0 Å². The molecule has 0 saturated carbocycles. The van der Waals surface area contributed by atoms with Crippen LogP contribution < -0.4 is 5.32 Å². The van der Waals surface area contributed by atoms with E-state index in [-0.39, 0.29) is 12.1 Å². The van der Waals surface area contributed by atoms with Crippen LogP contribution in [-0.4, -0.2) is 11.7 Å². The van der Waals surface area contributed by atoms with Gasteiger partial charge in [0, 0.05) is 28.8 Å². The quantitative estimate of drug-likeness (QED) is 0.825. The molecule has 3 atom stereocenters. The molecule has 0 aromatic heterocycles. The van der Waals surface area contributed by atoms with Crippen LogP contribution in [0.4, 0.5) is 5.69 Å². The van der Waals surface area contributed by atoms with E-state index in [0.717, 1.165) is 34.9 Å². The first-order chi connectivity index (χ1) is 10.2. The summed E-state index contributed by atoms with van der Waals surface area (Å²) in [5, 5.41) is 14.1. The van der Waals surface area contributed by atoms with Crippen molar-refractivity contribution in [3.05, 3.63) is 58.6 Å². The van der Waals surface area contributed by atoms with E-state index in [1.807, 2.05) is 36.4 Å².